The minimum absolute atomic E-state index is 0. The molecule has 0 heterocycles. The van der Waals surface area contributed by atoms with Crippen LogP contribution >= 0.6 is 0 Å². The molecule has 0 aliphatic rings. The normalized spacial score (nSPS) is 5.50. The molecule has 1 radical (unpaired) electrons. The van der Waals surface area contributed by atoms with Crippen LogP contribution in [0.3, 0.4) is 0 Å². The molecule has 0 atom stereocenters. The molecule has 0 unspecified atom stereocenters. The summed E-state index contributed by atoms with van der Waals surface area (Å²) in [6.07, 6.45) is 0. The zero-order valence-corrected chi connectivity index (χ0v) is 9.79. The van der Waals surface area contributed by atoms with Gasteiger partial charge in [0.05, 0.1) is 0 Å². The molecule has 4 nitrogen and oxygen atoms in total. The molecule has 0 aromatic rings. The first-order chi connectivity index (χ1) is 2.64. The molecule has 0 aromatic heterocycles. The van der Waals surface area contributed by atoms with E-state index in [-0.39, 0.29) is 77.6 Å². The molecule has 0 aliphatic heterocycles. The fraction of sp³-hybridized carbons (Fsp3) is 0. The predicted octanol–water partition coefficient (Wildman–Crippen LogP) is -1.23. The summed E-state index contributed by atoms with van der Waals surface area (Å²) < 4.78 is 0. The summed E-state index contributed by atoms with van der Waals surface area (Å²) in [5.41, 5.74) is 0. The summed E-state index contributed by atoms with van der Waals surface area (Å²) in [4.78, 5) is 18.2. The molecule has 0 fully saturated rings. The van der Waals surface area contributed by atoms with E-state index >= 15 is 0 Å². The standard InChI is InChI=1S/C2H2O4.K.Zr/c3-1(4)2(5)6;;/h(H,3,4)(H,5,6);;. The molecule has 0 aliphatic carbocycles. The van der Waals surface area contributed by atoms with Crippen molar-refractivity contribution in [2.75, 3.05) is 0 Å². The van der Waals surface area contributed by atoms with E-state index in [2.05, 4.69) is 0 Å². The van der Waals surface area contributed by atoms with Crippen molar-refractivity contribution in [3.63, 3.8) is 0 Å². The third kappa shape index (κ3) is 10.4. The predicted molar refractivity (Wildman–Crippen MR) is 21.0 cm³/mol. The Kier molecular flexibility index (Phi) is 17.2. The average Bonchev–Trinajstić information content (AvgIpc) is 1.36. The summed E-state index contributed by atoms with van der Waals surface area (Å²) in [6.45, 7) is 0. The quantitative estimate of drug-likeness (QED) is 0.396. The van der Waals surface area contributed by atoms with Crippen molar-refractivity contribution in [1.29, 1.82) is 0 Å². The van der Waals surface area contributed by atoms with E-state index in [0.29, 0.717) is 0 Å². The smallest absolute Gasteiger partial charge is 0.414 e. The van der Waals surface area contributed by atoms with Gasteiger partial charge >= 0.3 is 11.9 Å². The van der Waals surface area contributed by atoms with E-state index in [9.17, 15) is 0 Å². The van der Waals surface area contributed by atoms with Crippen molar-refractivity contribution in [3.05, 3.63) is 0 Å². The molecule has 0 rings (SSSR count). The van der Waals surface area contributed by atoms with Gasteiger partial charge in [0.25, 0.3) is 0 Å². The Hall–Kier alpha value is 1.46. The maximum atomic E-state index is 9.10. The van der Waals surface area contributed by atoms with Crippen LogP contribution in [0.1, 0.15) is 0 Å². The third-order valence-electron chi connectivity index (χ3n) is 0.183. The zero-order chi connectivity index (χ0) is 5.15. The van der Waals surface area contributed by atoms with Crippen molar-refractivity contribution in [1.82, 2.24) is 0 Å². The van der Waals surface area contributed by atoms with Crippen LogP contribution in [0.25, 0.3) is 0 Å². The monoisotopic (exact) mass is 219 g/mol. The van der Waals surface area contributed by atoms with Gasteiger partial charge in [0.2, 0.25) is 0 Å². The molecule has 0 spiro atoms. The Bertz CT molecular complexity index is 80.0. The van der Waals surface area contributed by atoms with Crippen molar-refractivity contribution < 1.29 is 46.0 Å². The first-order valence-corrected chi connectivity index (χ1v) is 1.11. The van der Waals surface area contributed by atoms with E-state index in [1.165, 1.54) is 0 Å². The van der Waals surface area contributed by atoms with Crippen molar-refractivity contribution in [2.24, 2.45) is 0 Å². The van der Waals surface area contributed by atoms with Crippen LogP contribution in [0, 0.1) is 0 Å². The van der Waals surface area contributed by atoms with Crippen molar-refractivity contribution in [2.45, 2.75) is 0 Å². The minimum Gasteiger partial charge on any atom is -0.473 e. The molecule has 0 saturated carbocycles. The summed E-state index contributed by atoms with van der Waals surface area (Å²) in [7, 11) is 0. The van der Waals surface area contributed by atoms with Crippen LogP contribution in [0.15, 0.2) is 0 Å². The van der Waals surface area contributed by atoms with E-state index in [1.54, 1.807) is 0 Å². The SMILES string of the molecule is O=C(O)C(=O)O.[K].[Zr]. The summed E-state index contributed by atoms with van der Waals surface area (Å²) in [5, 5.41) is 14.8. The van der Waals surface area contributed by atoms with Gasteiger partial charge < -0.3 is 10.2 Å². The Morgan fingerprint density at radius 3 is 1.12 bits per heavy atom. The zero-order valence-electron chi connectivity index (χ0n) is 4.21. The van der Waals surface area contributed by atoms with Crippen LogP contribution in [-0.4, -0.2) is 73.5 Å². The van der Waals surface area contributed by atoms with Crippen LogP contribution in [0.4, 0.5) is 0 Å². The van der Waals surface area contributed by atoms with E-state index < -0.39 is 11.9 Å². The number of aliphatic carboxylic acids is 2. The van der Waals surface area contributed by atoms with Crippen molar-refractivity contribution >= 4 is 63.3 Å². The number of carbonyl (C=O) groups is 2. The van der Waals surface area contributed by atoms with Gasteiger partial charge in [-0.1, -0.05) is 0 Å². The largest absolute Gasteiger partial charge is 0.473 e. The second-order valence-electron chi connectivity index (χ2n) is 0.610. The Balaban J connectivity index is -0.000000125. The minimum atomic E-state index is -1.82. The van der Waals surface area contributed by atoms with Crippen molar-refractivity contribution in [3.8, 4) is 0 Å². The van der Waals surface area contributed by atoms with Gasteiger partial charge in [-0.25, -0.2) is 9.59 Å². The Morgan fingerprint density at radius 2 is 1.12 bits per heavy atom. The molecule has 0 amide bonds. The van der Waals surface area contributed by atoms with E-state index in [1.807, 2.05) is 0 Å². The number of carboxylic acid groups (broad SMARTS) is 2. The maximum absolute atomic E-state index is 9.10. The van der Waals surface area contributed by atoms with Crippen LogP contribution in [0.2, 0.25) is 0 Å². The van der Waals surface area contributed by atoms with Gasteiger partial charge in [0, 0.05) is 77.6 Å². The first kappa shape index (κ1) is 16.2. The third-order valence-corrected chi connectivity index (χ3v) is 0.183. The fourth-order valence-electron chi connectivity index (χ4n) is 0. The van der Waals surface area contributed by atoms with Crippen LogP contribution < -0.4 is 0 Å². The summed E-state index contributed by atoms with van der Waals surface area (Å²) in [6, 6.07) is 0. The molecule has 6 heteroatoms. The molecular weight excluding hydrogens is 218 g/mol. The Morgan fingerprint density at radius 1 is 1.00 bits per heavy atom. The van der Waals surface area contributed by atoms with Crippen LogP contribution in [0.5, 0.6) is 0 Å². The maximum Gasteiger partial charge on any atom is 0.414 e. The van der Waals surface area contributed by atoms with Gasteiger partial charge in [-0.05, 0) is 0 Å². The van der Waals surface area contributed by atoms with Gasteiger partial charge in [0.15, 0.2) is 0 Å². The van der Waals surface area contributed by atoms with Gasteiger partial charge in [-0.15, -0.1) is 0 Å². The number of hydrogen-bond acceptors (Lipinski definition) is 2. The fourth-order valence-corrected chi connectivity index (χ4v) is 0. The first-order valence-electron chi connectivity index (χ1n) is 1.11. The number of hydrogen-bond donors (Lipinski definition) is 2. The Labute approximate surface area is 107 Å². The summed E-state index contributed by atoms with van der Waals surface area (Å²) in [5.74, 6) is -3.65. The van der Waals surface area contributed by atoms with Crippen LogP contribution in [-0.2, 0) is 35.8 Å². The second kappa shape index (κ2) is 8.46. The number of carboxylic acids is 2. The van der Waals surface area contributed by atoms with Gasteiger partial charge in [-0.2, -0.15) is 0 Å². The van der Waals surface area contributed by atoms with E-state index in [4.69, 9.17) is 19.8 Å². The van der Waals surface area contributed by atoms with Gasteiger partial charge in [0.1, 0.15) is 0 Å². The molecule has 0 aromatic carbocycles. The second-order valence-corrected chi connectivity index (χ2v) is 0.610. The average molecular weight is 220 g/mol. The molecule has 39 valence electrons. The molecule has 2 N–H and O–H groups in total. The molecular formula is C2H2KO4Zr. The topological polar surface area (TPSA) is 74.6 Å². The van der Waals surface area contributed by atoms with E-state index in [0.717, 1.165) is 0 Å². The van der Waals surface area contributed by atoms with Gasteiger partial charge in [-0.3, -0.25) is 0 Å². The molecule has 8 heavy (non-hydrogen) atoms. The molecule has 0 saturated heterocycles. The number of rotatable bonds is 0. The summed E-state index contributed by atoms with van der Waals surface area (Å²) >= 11 is 0. The molecule has 0 bridgehead atoms.